The van der Waals surface area contributed by atoms with Crippen LogP contribution >= 0.6 is 11.8 Å². The van der Waals surface area contributed by atoms with Crippen molar-refractivity contribution in [1.29, 1.82) is 0 Å². The van der Waals surface area contributed by atoms with E-state index >= 15 is 0 Å². The second-order valence-corrected chi connectivity index (χ2v) is 10.3. The lowest BCUT2D eigenvalue weighted by Gasteiger charge is -2.21. The lowest BCUT2D eigenvalue weighted by Crippen LogP contribution is -2.20. The Kier molecular flexibility index (Phi) is 6.15. The van der Waals surface area contributed by atoms with Crippen LogP contribution in [0.25, 0.3) is 28.1 Å². The van der Waals surface area contributed by atoms with Gasteiger partial charge in [0.1, 0.15) is 5.82 Å². The van der Waals surface area contributed by atoms with Crippen molar-refractivity contribution >= 4 is 34.2 Å². The summed E-state index contributed by atoms with van der Waals surface area (Å²) < 4.78 is 15.9. The van der Waals surface area contributed by atoms with Crippen LogP contribution in [0.3, 0.4) is 0 Å². The van der Waals surface area contributed by atoms with Gasteiger partial charge in [-0.25, -0.2) is 9.37 Å². The summed E-state index contributed by atoms with van der Waals surface area (Å²) in [6.07, 6.45) is 3.98. The molecule has 3 aromatic rings. The van der Waals surface area contributed by atoms with Crippen molar-refractivity contribution < 1.29 is 4.39 Å². The van der Waals surface area contributed by atoms with Gasteiger partial charge in [-0.2, -0.15) is 11.8 Å². The summed E-state index contributed by atoms with van der Waals surface area (Å²) >= 11 is 1.99. The van der Waals surface area contributed by atoms with Gasteiger partial charge in [0.25, 0.3) is 0 Å². The third-order valence-corrected chi connectivity index (χ3v) is 7.53. The molecule has 3 heterocycles. The number of halogens is 1. The monoisotopic (exact) mass is 495 g/mol. The van der Waals surface area contributed by atoms with Gasteiger partial charge in [0.05, 0.1) is 51.4 Å². The lowest BCUT2D eigenvalue weighted by atomic mass is 10.1. The molecule has 0 unspecified atom stereocenters. The first-order valence-electron chi connectivity index (χ1n) is 12.2. The van der Waals surface area contributed by atoms with Crippen LogP contribution in [0, 0.1) is 12.7 Å². The van der Waals surface area contributed by atoms with Crippen LogP contribution in [0.2, 0.25) is 0 Å². The van der Waals surface area contributed by atoms with E-state index in [4.69, 9.17) is 9.98 Å². The fourth-order valence-electron chi connectivity index (χ4n) is 4.63. The van der Waals surface area contributed by atoms with Crippen molar-refractivity contribution in [3.8, 4) is 17.1 Å². The molecular weight excluding hydrogens is 469 g/mol. The number of fused-ring (bicyclic) bond motifs is 2. The van der Waals surface area contributed by atoms with Crippen LogP contribution in [0.15, 0.2) is 84.0 Å². The molecule has 0 spiro atoms. The predicted molar refractivity (Wildman–Crippen MR) is 146 cm³/mol. The molecule has 2 aliphatic heterocycles. The molecule has 1 aliphatic carbocycles. The Hall–Kier alpha value is -3.71. The van der Waals surface area contributed by atoms with Gasteiger partial charge in [0, 0.05) is 11.4 Å². The zero-order valence-corrected chi connectivity index (χ0v) is 20.8. The number of hydrogen-bond acceptors (Lipinski definition) is 5. The van der Waals surface area contributed by atoms with E-state index in [1.165, 1.54) is 12.1 Å². The second kappa shape index (κ2) is 9.74. The summed E-state index contributed by atoms with van der Waals surface area (Å²) in [5, 5.41) is 4.43. The van der Waals surface area contributed by atoms with Gasteiger partial charge < -0.3 is 9.88 Å². The average Bonchev–Trinajstić information content (AvgIpc) is 2.90. The highest BCUT2D eigenvalue weighted by atomic mass is 32.2. The molecule has 7 heteroatoms. The number of thioether (sulfide) groups is 1. The van der Waals surface area contributed by atoms with Crippen molar-refractivity contribution in [3.63, 3.8) is 0 Å². The van der Waals surface area contributed by atoms with E-state index in [0.717, 1.165) is 74.9 Å². The van der Waals surface area contributed by atoms with Crippen LogP contribution in [0.5, 0.6) is 0 Å². The number of aromatic nitrogens is 3. The number of benzene rings is 3. The molecule has 5 nitrogen and oxygen atoms in total. The Morgan fingerprint density at radius 3 is 2.58 bits per heavy atom. The largest absolute Gasteiger partial charge is 0.352 e. The number of hydrogen-bond donors (Lipinski definition) is 1. The molecule has 3 aliphatic rings. The predicted octanol–water partition coefficient (Wildman–Crippen LogP) is 6.51. The average molecular weight is 496 g/mol. The van der Waals surface area contributed by atoms with Gasteiger partial charge in [0.15, 0.2) is 0 Å². The molecule has 180 valence electrons. The summed E-state index contributed by atoms with van der Waals surface area (Å²) in [5.74, 6) is 2.01. The molecule has 2 aromatic carbocycles. The Morgan fingerprint density at radius 2 is 1.81 bits per heavy atom. The first-order chi connectivity index (χ1) is 17.6. The molecule has 6 rings (SSSR count). The van der Waals surface area contributed by atoms with Crippen LogP contribution < -0.4 is 10.7 Å². The Morgan fingerprint density at radius 1 is 1.00 bits per heavy atom. The molecule has 0 bridgehead atoms. The minimum absolute atomic E-state index is 0.258. The summed E-state index contributed by atoms with van der Waals surface area (Å²) in [6, 6.07) is 23.1. The summed E-state index contributed by atoms with van der Waals surface area (Å²) in [7, 11) is 0. The highest BCUT2D eigenvalue weighted by Gasteiger charge is 2.18. The van der Waals surface area contributed by atoms with Gasteiger partial charge in [-0.05, 0) is 91.9 Å². The fraction of sp³-hybridized carbons (Fsp3) is 0.207. The summed E-state index contributed by atoms with van der Waals surface area (Å²) in [5.41, 5.74) is 7.24. The number of para-hydroxylation sites is 2. The first-order valence-corrected chi connectivity index (χ1v) is 13.3. The van der Waals surface area contributed by atoms with E-state index < -0.39 is 0 Å². The Labute approximate surface area is 213 Å². The maximum absolute atomic E-state index is 13.8. The van der Waals surface area contributed by atoms with Crippen LogP contribution in [-0.4, -0.2) is 32.1 Å². The molecule has 0 atom stereocenters. The Balaban J connectivity index is 1.61. The van der Waals surface area contributed by atoms with Gasteiger partial charge >= 0.3 is 0 Å². The third kappa shape index (κ3) is 4.58. The SMILES string of the molecule is Cc1ccc(Nc2cc3nc4ccccc4n(-c4ccc(F)cc4)c-3c/c2=N\C2CCSCC2)cn1. The maximum Gasteiger partial charge on any atom is 0.123 e. The van der Waals surface area contributed by atoms with E-state index in [1.54, 1.807) is 12.1 Å². The van der Waals surface area contributed by atoms with E-state index in [0.29, 0.717) is 0 Å². The maximum atomic E-state index is 13.8. The quantitative estimate of drug-likeness (QED) is 0.289. The lowest BCUT2D eigenvalue weighted by molar-refractivity contribution is 0.613. The Bertz CT molecular complexity index is 1550. The van der Waals surface area contributed by atoms with Crippen LogP contribution in [0.1, 0.15) is 18.5 Å². The number of nitrogens with zero attached hydrogens (tertiary/aromatic N) is 4. The molecule has 0 saturated carbocycles. The highest BCUT2D eigenvalue weighted by Crippen LogP contribution is 2.31. The minimum Gasteiger partial charge on any atom is -0.352 e. The van der Waals surface area contributed by atoms with E-state index in [1.807, 2.05) is 61.3 Å². The smallest absolute Gasteiger partial charge is 0.123 e. The minimum atomic E-state index is -0.258. The normalized spacial score (nSPS) is 15.0. The molecular formula is C29H26FN5S. The zero-order chi connectivity index (χ0) is 24.5. The zero-order valence-electron chi connectivity index (χ0n) is 20.0. The molecule has 1 N–H and O–H groups in total. The molecule has 1 aromatic heterocycles. The number of aryl methyl sites for hydroxylation is 1. The van der Waals surface area contributed by atoms with Crippen molar-refractivity contribution in [2.75, 3.05) is 16.8 Å². The number of pyridine rings is 1. The summed E-state index contributed by atoms with van der Waals surface area (Å²) in [6.45, 7) is 1.98. The van der Waals surface area contributed by atoms with Crippen LogP contribution in [0.4, 0.5) is 15.8 Å². The third-order valence-electron chi connectivity index (χ3n) is 6.48. The number of nitrogens with one attached hydrogen (secondary N) is 1. The highest BCUT2D eigenvalue weighted by molar-refractivity contribution is 7.99. The second-order valence-electron chi connectivity index (χ2n) is 9.06. The van der Waals surface area contributed by atoms with Gasteiger partial charge in [-0.3, -0.25) is 9.98 Å². The van der Waals surface area contributed by atoms with E-state index in [-0.39, 0.29) is 11.9 Å². The fourth-order valence-corrected chi connectivity index (χ4v) is 5.71. The number of anilines is 2. The molecule has 0 amide bonds. The summed E-state index contributed by atoms with van der Waals surface area (Å²) in [4.78, 5) is 14.6. The van der Waals surface area contributed by atoms with Crippen molar-refractivity contribution in [3.05, 3.63) is 95.9 Å². The van der Waals surface area contributed by atoms with Crippen molar-refractivity contribution in [2.45, 2.75) is 25.8 Å². The van der Waals surface area contributed by atoms with Crippen LogP contribution in [-0.2, 0) is 0 Å². The molecule has 1 fully saturated rings. The van der Waals surface area contributed by atoms with Gasteiger partial charge in [0.2, 0.25) is 0 Å². The molecule has 1 saturated heterocycles. The van der Waals surface area contributed by atoms with E-state index in [9.17, 15) is 4.39 Å². The van der Waals surface area contributed by atoms with E-state index in [2.05, 4.69) is 27.0 Å². The van der Waals surface area contributed by atoms with Crippen molar-refractivity contribution in [2.24, 2.45) is 4.99 Å². The van der Waals surface area contributed by atoms with Crippen molar-refractivity contribution in [1.82, 2.24) is 14.5 Å². The first kappa shape index (κ1) is 22.7. The number of rotatable bonds is 4. The van der Waals surface area contributed by atoms with Gasteiger partial charge in [-0.15, -0.1) is 0 Å². The standard InChI is InChI=1S/C29H26FN5S/c1-19-6-9-22(18-31-19)33-25-16-27-29(17-26(25)32-21-12-14-36-15-13-21)35(23-10-7-20(30)8-11-23)28-5-3-2-4-24(28)34-27/h2-11,16-18,21,33H,12-15H2,1H3/b32-26+. The molecule has 0 radical (unpaired) electrons. The molecule has 36 heavy (non-hydrogen) atoms. The topological polar surface area (TPSA) is 55.1 Å². The van der Waals surface area contributed by atoms with Gasteiger partial charge in [-0.1, -0.05) is 12.1 Å².